The molecule has 29 heavy (non-hydrogen) atoms. The second kappa shape index (κ2) is 8.34. The van der Waals surface area contributed by atoms with Crippen LogP contribution < -0.4 is 16.0 Å². The van der Waals surface area contributed by atoms with Gasteiger partial charge in [0.05, 0.1) is 6.42 Å². The molecule has 0 spiro atoms. The van der Waals surface area contributed by atoms with Gasteiger partial charge in [-0.15, -0.1) is 0 Å². The molecule has 2 aromatic rings. The van der Waals surface area contributed by atoms with Gasteiger partial charge in [0.2, 0.25) is 17.7 Å². The van der Waals surface area contributed by atoms with Gasteiger partial charge >= 0.3 is 0 Å². The zero-order valence-corrected chi connectivity index (χ0v) is 15.4. The first kappa shape index (κ1) is 20.4. The van der Waals surface area contributed by atoms with E-state index in [0.717, 1.165) is 12.1 Å². The van der Waals surface area contributed by atoms with E-state index in [1.807, 2.05) is 0 Å². The Kier molecular flexibility index (Phi) is 5.86. The third-order valence-corrected chi connectivity index (χ3v) is 4.48. The van der Waals surface area contributed by atoms with Crippen LogP contribution in [0.3, 0.4) is 0 Å². The molecule has 152 valence electrons. The van der Waals surface area contributed by atoms with Crippen LogP contribution in [-0.2, 0) is 27.3 Å². The summed E-state index contributed by atoms with van der Waals surface area (Å²) in [4.78, 5) is 36.7. The predicted molar refractivity (Wildman–Crippen MR) is 96.8 cm³/mol. The number of benzene rings is 2. The Bertz CT molecular complexity index is 960. The molecule has 1 heterocycles. The highest BCUT2D eigenvalue weighted by atomic mass is 19.1. The summed E-state index contributed by atoms with van der Waals surface area (Å²) >= 11 is 0. The van der Waals surface area contributed by atoms with E-state index in [1.54, 1.807) is 0 Å². The molecule has 1 unspecified atom stereocenters. The molecule has 0 aliphatic carbocycles. The lowest BCUT2D eigenvalue weighted by atomic mass is 9.95. The van der Waals surface area contributed by atoms with Crippen molar-refractivity contribution in [3.05, 3.63) is 70.5 Å². The van der Waals surface area contributed by atoms with Gasteiger partial charge in [-0.3, -0.25) is 14.4 Å². The normalized spacial score (nSPS) is 16.4. The number of amides is 3. The fraction of sp³-hybridized carbons (Fsp3) is 0.250. The highest BCUT2D eigenvalue weighted by molar-refractivity contribution is 5.93. The Labute approximate surface area is 164 Å². The number of rotatable bonds is 5. The third-order valence-electron chi connectivity index (χ3n) is 4.48. The maximum absolute atomic E-state index is 13.6. The Morgan fingerprint density at radius 3 is 2.48 bits per heavy atom. The van der Waals surface area contributed by atoms with Crippen LogP contribution in [-0.4, -0.2) is 23.8 Å². The standard InChI is InChI=1S/C20H18F3N3O3/c1-10(25-17(27)6-11-4-14(22)7-15(23)5-11)19(28)26-18-16-8-13(21)3-2-12(16)9-24-20(18)29/h2-5,7-8,10,18H,6,9H2,1H3,(H,24,29)(H,25,27)(H,26,28)/t10-,18?/m0/s1. The van der Waals surface area contributed by atoms with Crippen LogP contribution in [0.2, 0.25) is 0 Å². The molecular formula is C20H18F3N3O3. The topological polar surface area (TPSA) is 87.3 Å². The number of hydrogen-bond acceptors (Lipinski definition) is 3. The van der Waals surface area contributed by atoms with Crippen LogP contribution in [0, 0.1) is 17.5 Å². The van der Waals surface area contributed by atoms with Crippen molar-refractivity contribution in [1.29, 1.82) is 0 Å². The van der Waals surface area contributed by atoms with Crippen molar-refractivity contribution in [3.63, 3.8) is 0 Å². The maximum atomic E-state index is 13.6. The van der Waals surface area contributed by atoms with Gasteiger partial charge in [-0.1, -0.05) is 6.07 Å². The summed E-state index contributed by atoms with van der Waals surface area (Å²) in [5, 5.41) is 7.49. The predicted octanol–water partition coefficient (Wildman–Crippen LogP) is 1.64. The largest absolute Gasteiger partial charge is 0.350 e. The molecule has 3 N–H and O–H groups in total. The van der Waals surface area contributed by atoms with Gasteiger partial charge in [0.25, 0.3) is 0 Å². The van der Waals surface area contributed by atoms with Gasteiger partial charge in [0, 0.05) is 12.6 Å². The summed E-state index contributed by atoms with van der Waals surface area (Å²) in [7, 11) is 0. The SMILES string of the molecule is C[C@H](NC(=O)Cc1cc(F)cc(F)c1)C(=O)NC1C(=O)NCc2ccc(F)cc21. The zero-order chi connectivity index (χ0) is 21.1. The lowest BCUT2D eigenvalue weighted by Gasteiger charge is -2.27. The molecule has 0 saturated carbocycles. The van der Waals surface area contributed by atoms with Crippen LogP contribution >= 0.6 is 0 Å². The van der Waals surface area contributed by atoms with Crippen LogP contribution in [0.25, 0.3) is 0 Å². The van der Waals surface area contributed by atoms with E-state index < -0.39 is 47.3 Å². The van der Waals surface area contributed by atoms with E-state index in [9.17, 15) is 27.6 Å². The van der Waals surface area contributed by atoms with Gasteiger partial charge < -0.3 is 16.0 Å². The van der Waals surface area contributed by atoms with Crippen molar-refractivity contribution in [2.24, 2.45) is 0 Å². The highest BCUT2D eigenvalue weighted by Gasteiger charge is 2.30. The molecule has 2 atom stereocenters. The first-order valence-corrected chi connectivity index (χ1v) is 8.83. The summed E-state index contributed by atoms with van der Waals surface area (Å²) in [6.07, 6.45) is -0.329. The van der Waals surface area contributed by atoms with Crippen LogP contribution in [0.4, 0.5) is 13.2 Å². The second-order valence-corrected chi connectivity index (χ2v) is 6.75. The molecule has 3 rings (SSSR count). The first-order valence-electron chi connectivity index (χ1n) is 8.83. The van der Waals surface area contributed by atoms with Crippen molar-refractivity contribution in [2.45, 2.75) is 32.0 Å². The summed E-state index contributed by atoms with van der Waals surface area (Å²) in [5.41, 5.74) is 1.13. The molecule has 0 aromatic heterocycles. The Balaban J connectivity index is 1.64. The minimum absolute atomic E-state index is 0.115. The van der Waals surface area contributed by atoms with Crippen molar-refractivity contribution in [1.82, 2.24) is 16.0 Å². The molecule has 0 bridgehead atoms. The molecule has 1 aliphatic rings. The number of halogens is 3. The van der Waals surface area contributed by atoms with Gasteiger partial charge in [-0.25, -0.2) is 13.2 Å². The Hall–Kier alpha value is -3.36. The monoisotopic (exact) mass is 405 g/mol. The number of hydrogen-bond donors (Lipinski definition) is 3. The number of carbonyl (C=O) groups is 3. The van der Waals surface area contributed by atoms with Crippen molar-refractivity contribution < 1.29 is 27.6 Å². The molecule has 1 aliphatic heterocycles. The first-order chi connectivity index (χ1) is 13.7. The molecule has 0 fully saturated rings. The van der Waals surface area contributed by atoms with E-state index in [0.29, 0.717) is 17.2 Å². The summed E-state index contributed by atoms with van der Waals surface area (Å²) in [6.45, 7) is 1.61. The van der Waals surface area contributed by atoms with Crippen molar-refractivity contribution >= 4 is 17.7 Å². The fourth-order valence-electron chi connectivity index (χ4n) is 3.09. The van der Waals surface area contributed by atoms with Gasteiger partial charge in [-0.2, -0.15) is 0 Å². The van der Waals surface area contributed by atoms with Gasteiger partial charge in [-0.05, 0) is 47.9 Å². The second-order valence-electron chi connectivity index (χ2n) is 6.75. The average molecular weight is 405 g/mol. The van der Waals surface area contributed by atoms with E-state index in [2.05, 4.69) is 16.0 Å². The Morgan fingerprint density at radius 1 is 1.10 bits per heavy atom. The third kappa shape index (κ3) is 4.92. The van der Waals surface area contributed by atoms with Gasteiger partial charge in [0.15, 0.2) is 0 Å². The quantitative estimate of drug-likeness (QED) is 0.707. The average Bonchev–Trinajstić information content (AvgIpc) is 2.63. The lowest BCUT2D eigenvalue weighted by molar-refractivity contribution is -0.132. The maximum Gasteiger partial charge on any atom is 0.247 e. The zero-order valence-electron chi connectivity index (χ0n) is 15.4. The number of fused-ring (bicyclic) bond motifs is 1. The lowest BCUT2D eigenvalue weighted by Crippen LogP contribution is -2.50. The summed E-state index contributed by atoms with van der Waals surface area (Å²) in [5.74, 6) is -3.95. The molecule has 3 amide bonds. The van der Waals surface area contributed by atoms with Crippen LogP contribution in [0.1, 0.15) is 29.7 Å². The van der Waals surface area contributed by atoms with E-state index in [1.165, 1.54) is 25.1 Å². The fourth-order valence-corrected chi connectivity index (χ4v) is 3.09. The minimum Gasteiger partial charge on any atom is -0.350 e. The Morgan fingerprint density at radius 2 is 1.79 bits per heavy atom. The molecule has 9 heteroatoms. The number of nitrogens with one attached hydrogen (secondary N) is 3. The molecule has 6 nitrogen and oxygen atoms in total. The van der Waals surface area contributed by atoms with Crippen LogP contribution in [0.15, 0.2) is 36.4 Å². The van der Waals surface area contributed by atoms with E-state index in [-0.39, 0.29) is 18.5 Å². The molecule has 0 radical (unpaired) electrons. The summed E-state index contributed by atoms with van der Waals surface area (Å²) in [6, 6.07) is 4.55. The molecule has 2 aromatic carbocycles. The van der Waals surface area contributed by atoms with E-state index >= 15 is 0 Å². The minimum atomic E-state index is -1.10. The molecular weight excluding hydrogens is 387 g/mol. The smallest absolute Gasteiger partial charge is 0.247 e. The molecule has 0 saturated heterocycles. The summed E-state index contributed by atoms with van der Waals surface area (Å²) < 4.78 is 40.0. The van der Waals surface area contributed by atoms with Crippen molar-refractivity contribution in [2.75, 3.05) is 0 Å². The van der Waals surface area contributed by atoms with E-state index in [4.69, 9.17) is 0 Å². The highest BCUT2D eigenvalue weighted by Crippen LogP contribution is 2.24. The van der Waals surface area contributed by atoms with Crippen LogP contribution in [0.5, 0.6) is 0 Å². The van der Waals surface area contributed by atoms with Gasteiger partial charge in [0.1, 0.15) is 29.5 Å². The number of carbonyl (C=O) groups excluding carboxylic acids is 3. The van der Waals surface area contributed by atoms with Crippen molar-refractivity contribution in [3.8, 4) is 0 Å².